The smallest absolute Gasteiger partial charge is 0.168 e. The topological polar surface area (TPSA) is 30.9 Å². The van der Waals surface area contributed by atoms with Crippen molar-refractivity contribution in [3.05, 3.63) is 0 Å². The van der Waals surface area contributed by atoms with Crippen LogP contribution in [0, 0.1) is 11.3 Å². The standard InChI is InChI=1S/C21H41NO3/c1-6-13-22(15-16-23-5)14-10-19-17-24-21(25-19)11-8-18(9-12-21)20(3,4)7-2/h18-19H,6-17H2,1-5H3. The molecular weight excluding hydrogens is 314 g/mol. The molecule has 148 valence electrons. The predicted octanol–water partition coefficient (Wildman–Crippen LogP) is 4.47. The molecule has 1 aliphatic carbocycles. The van der Waals surface area contributed by atoms with Gasteiger partial charge in [0.2, 0.25) is 0 Å². The molecule has 2 aliphatic rings. The maximum absolute atomic E-state index is 6.44. The van der Waals surface area contributed by atoms with Crippen molar-refractivity contribution in [3.63, 3.8) is 0 Å². The second-order valence-corrected chi connectivity index (χ2v) is 8.70. The fourth-order valence-electron chi connectivity index (χ4n) is 4.35. The lowest BCUT2D eigenvalue weighted by atomic mass is 9.68. The van der Waals surface area contributed by atoms with E-state index >= 15 is 0 Å². The highest BCUT2D eigenvalue weighted by atomic mass is 16.7. The summed E-state index contributed by atoms with van der Waals surface area (Å²) >= 11 is 0. The van der Waals surface area contributed by atoms with E-state index in [1.807, 2.05) is 0 Å². The van der Waals surface area contributed by atoms with Gasteiger partial charge in [0, 0.05) is 33.0 Å². The lowest BCUT2D eigenvalue weighted by Crippen LogP contribution is -2.39. The third kappa shape index (κ3) is 5.92. The van der Waals surface area contributed by atoms with Crippen molar-refractivity contribution in [2.75, 3.05) is 40.0 Å². The SMILES string of the molecule is CCCN(CCOC)CCC1COC2(CCC(C(C)(C)CC)CC2)O1. The normalized spacial score (nSPS) is 30.5. The Morgan fingerprint density at radius 2 is 1.84 bits per heavy atom. The van der Waals surface area contributed by atoms with Crippen LogP contribution in [0.1, 0.15) is 72.6 Å². The van der Waals surface area contributed by atoms with Gasteiger partial charge in [0.1, 0.15) is 0 Å². The van der Waals surface area contributed by atoms with Crippen LogP contribution in [-0.4, -0.2) is 56.7 Å². The minimum atomic E-state index is -0.271. The summed E-state index contributed by atoms with van der Waals surface area (Å²) in [4.78, 5) is 2.48. The Morgan fingerprint density at radius 1 is 1.12 bits per heavy atom. The number of hydrogen-bond donors (Lipinski definition) is 0. The van der Waals surface area contributed by atoms with Crippen LogP contribution in [0.25, 0.3) is 0 Å². The van der Waals surface area contributed by atoms with Gasteiger partial charge in [-0.15, -0.1) is 0 Å². The molecule has 1 saturated heterocycles. The summed E-state index contributed by atoms with van der Waals surface area (Å²) in [5.74, 6) is 0.538. The lowest BCUT2D eigenvalue weighted by Gasteiger charge is -2.42. The van der Waals surface area contributed by atoms with E-state index in [1.165, 1.54) is 25.7 Å². The molecule has 0 aromatic heterocycles. The maximum atomic E-state index is 6.44. The minimum absolute atomic E-state index is 0.262. The second kappa shape index (κ2) is 9.68. The molecule has 1 saturated carbocycles. The Labute approximate surface area is 155 Å². The lowest BCUT2D eigenvalue weighted by molar-refractivity contribution is -0.197. The molecule has 0 bridgehead atoms. The molecule has 0 aromatic rings. The van der Waals surface area contributed by atoms with Gasteiger partial charge in [0.05, 0.1) is 19.3 Å². The minimum Gasteiger partial charge on any atom is -0.383 e. The predicted molar refractivity (Wildman–Crippen MR) is 103 cm³/mol. The van der Waals surface area contributed by atoms with Gasteiger partial charge in [-0.25, -0.2) is 0 Å². The number of rotatable bonds is 10. The van der Waals surface area contributed by atoms with Crippen LogP contribution < -0.4 is 0 Å². The Bertz CT molecular complexity index is 377. The summed E-state index contributed by atoms with van der Waals surface area (Å²) < 4.78 is 17.9. The number of nitrogens with zero attached hydrogens (tertiary/aromatic N) is 1. The highest BCUT2D eigenvalue weighted by molar-refractivity contribution is 4.89. The average Bonchev–Trinajstić information content (AvgIpc) is 3.00. The van der Waals surface area contributed by atoms with Gasteiger partial charge in [-0.05, 0) is 43.6 Å². The van der Waals surface area contributed by atoms with Crippen molar-refractivity contribution >= 4 is 0 Å². The van der Waals surface area contributed by atoms with E-state index in [4.69, 9.17) is 14.2 Å². The van der Waals surface area contributed by atoms with Crippen molar-refractivity contribution in [1.82, 2.24) is 4.90 Å². The molecule has 1 unspecified atom stereocenters. The van der Waals surface area contributed by atoms with Gasteiger partial charge in [-0.3, -0.25) is 0 Å². The molecule has 1 aliphatic heterocycles. The van der Waals surface area contributed by atoms with Crippen LogP contribution in [0.15, 0.2) is 0 Å². The van der Waals surface area contributed by atoms with Crippen LogP contribution in [0.2, 0.25) is 0 Å². The quantitative estimate of drug-likeness (QED) is 0.578. The Hall–Kier alpha value is -0.160. The van der Waals surface area contributed by atoms with E-state index in [9.17, 15) is 0 Å². The van der Waals surface area contributed by atoms with Crippen molar-refractivity contribution < 1.29 is 14.2 Å². The largest absolute Gasteiger partial charge is 0.383 e. The second-order valence-electron chi connectivity index (χ2n) is 8.70. The molecule has 0 amide bonds. The molecule has 0 radical (unpaired) electrons. The molecule has 2 rings (SSSR count). The molecule has 4 heteroatoms. The first kappa shape index (κ1) is 21.1. The number of hydrogen-bond acceptors (Lipinski definition) is 4. The van der Waals surface area contributed by atoms with Crippen LogP contribution in [0.4, 0.5) is 0 Å². The highest BCUT2D eigenvalue weighted by Gasteiger charge is 2.46. The maximum Gasteiger partial charge on any atom is 0.168 e. The van der Waals surface area contributed by atoms with E-state index in [-0.39, 0.29) is 11.9 Å². The van der Waals surface area contributed by atoms with Crippen LogP contribution in [0.3, 0.4) is 0 Å². The zero-order chi connectivity index (χ0) is 18.3. The van der Waals surface area contributed by atoms with E-state index in [2.05, 4.69) is 32.6 Å². The molecular formula is C21H41NO3. The van der Waals surface area contributed by atoms with Crippen molar-refractivity contribution in [3.8, 4) is 0 Å². The molecule has 0 N–H and O–H groups in total. The first-order valence-corrected chi connectivity index (χ1v) is 10.5. The zero-order valence-corrected chi connectivity index (χ0v) is 17.3. The molecule has 4 nitrogen and oxygen atoms in total. The molecule has 0 aromatic carbocycles. The first-order chi connectivity index (χ1) is 11.9. The number of ether oxygens (including phenoxy) is 3. The third-order valence-corrected chi connectivity index (χ3v) is 6.60. The Kier molecular flexibility index (Phi) is 8.19. The number of methoxy groups -OCH3 is 1. The van der Waals surface area contributed by atoms with Gasteiger partial charge in [0.15, 0.2) is 5.79 Å². The van der Waals surface area contributed by atoms with Crippen molar-refractivity contribution in [1.29, 1.82) is 0 Å². The first-order valence-electron chi connectivity index (χ1n) is 10.5. The summed E-state index contributed by atoms with van der Waals surface area (Å²) in [6, 6.07) is 0. The van der Waals surface area contributed by atoms with Gasteiger partial charge in [-0.1, -0.05) is 34.1 Å². The highest BCUT2D eigenvalue weighted by Crippen LogP contribution is 2.47. The van der Waals surface area contributed by atoms with E-state index in [0.29, 0.717) is 5.41 Å². The van der Waals surface area contributed by atoms with E-state index in [1.54, 1.807) is 7.11 Å². The Balaban J connectivity index is 1.76. The third-order valence-electron chi connectivity index (χ3n) is 6.60. The monoisotopic (exact) mass is 355 g/mol. The Morgan fingerprint density at radius 3 is 2.44 bits per heavy atom. The molecule has 25 heavy (non-hydrogen) atoms. The molecule has 1 spiro atoms. The summed E-state index contributed by atoms with van der Waals surface area (Å²) in [5, 5.41) is 0. The van der Waals surface area contributed by atoms with Crippen molar-refractivity contribution in [2.24, 2.45) is 11.3 Å². The van der Waals surface area contributed by atoms with Gasteiger partial charge >= 0.3 is 0 Å². The van der Waals surface area contributed by atoms with E-state index in [0.717, 1.165) is 58.0 Å². The van der Waals surface area contributed by atoms with Gasteiger partial charge in [0.25, 0.3) is 0 Å². The van der Waals surface area contributed by atoms with Gasteiger partial charge in [-0.2, -0.15) is 0 Å². The summed E-state index contributed by atoms with van der Waals surface area (Å²) in [7, 11) is 1.78. The average molecular weight is 356 g/mol. The fraction of sp³-hybridized carbons (Fsp3) is 1.00. The van der Waals surface area contributed by atoms with Crippen LogP contribution >= 0.6 is 0 Å². The molecule has 1 heterocycles. The fourth-order valence-corrected chi connectivity index (χ4v) is 4.35. The van der Waals surface area contributed by atoms with E-state index < -0.39 is 0 Å². The molecule has 2 fully saturated rings. The van der Waals surface area contributed by atoms with Crippen molar-refractivity contribution in [2.45, 2.75) is 84.5 Å². The summed E-state index contributed by atoms with van der Waals surface area (Å²) in [5.41, 5.74) is 0.446. The van der Waals surface area contributed by atoms with Gasteiger partial charge < -0.3 is 19.1 Å². The molecule has 1 atom stereocenters. The summed E-state index contributed by atoms with van der Waals surface area (Å²) in [6.07, 6.45) is 8.38. The van der Waals surface area contributed by atoms with Crippen LogP contribution in [-0.2, 0) is 14.2 Å². The summed E-state index contributed by atoms with van der Waals surface area (Å²) in [6.45, 7) is 14.2. The zero-order valence-electron chi connectivity index (χ0n) is 17.3. The van der Waals surface area contributed by atoms with Crippen LogP contribution in [0.5, 0.6) is 0 Å².